The van der Waals surface area contributed by atoms with Crippen molar-refractivity contribution < 1.29 is 24.3 Å². The number of carboxylic acid groups (broad SMARTS) is 1. The maximum Gasteiger partial charge on any atom is 0.360 e. The van der Waals surface area contributed by atoms with Gasteiger partial charge in [-0.1, -0.05) is 48.0 Å². The van der Waals surface area contributed by atoms with Crippen LogP contribution in [0.5, 0.6) is 0 Å². The Balaban J connectivity index is 1.87. The van der Waals surface area contributed by atoms with Crippen LogP contribution >= 0.6 is 11.6 Å². The van der Waals surface area contributed by atoms with E-state index in [4.69, 9.17) is 11.6 Å². The van der Waals surface area contributed by atoms with Gasteiger partial charge in [0.2, 0.25) is 11.3 Å². The third kappa shape index (κ3) is 2.94. The van der Waals surface area contributed by atoms with Crippen molar-refractivity contribution in [1.29, 1.82) is 0 Å². The number of rotatable bonds is 5. The molecule has 8 heteroatoms. The van der Waals surface area contributed by atoms with E-state index in [1.54, 1.807) is 24.3 Å². The van der Waals surface area contributed by atoms with Gasteiger partial charge in [-0.2, -0.15) is 0 Å². The van der Waals surface area contributed by atoms with Crippen molar-refractivity contribution in [3.8, 4) is 0 Å². The van der Waals surface area contributed by atoms with Gasteiger partial charge in [0.1, 0.15) is 12.2 Å². The lowest BCUT2D eigenvalue weighted by Crippen LogP contribution is -2.60. The van der Waals surface area contributed by atoms with Gasteiger partial charge in [-0.25, -0.2) is 14.1 Å². The van der Waals surface area contributed by atoms with Crippen LogP contribution in [0.3, 0.4) is 0 Å². The molecule has 4 rings (SSSR count). The fraction of sp³-hybridized carbons (Fsp3) is 0.182. The van der Waals surface area contributed by atoms with E-state index in [0.717, 1.165) is 5.56 Å². The third-order valence-electron chi connectivity index (χ3n) is 5.63. The van der Waals surface area contributed by atoms with Gasteiger partial charge < -0.3 is 5.11 Å². The highest BCUT2D eigenvalue weighted by Gasteiger charge is 2.69. The number of fused-ring (bicyclic) bond motifs is 2. The second-order valence-electron chi connectivity index (χ2n) is 7.44. The Morgan fingerprint density at radius 2 is 1.90 bits per heavy atom. The molecule has 1 spiro atoms. The van der Waals surface area contributed by atoms with Crippen molar-refractivity contribution in [2.24, 2.45) is 0 Å². The summed E-state index contributed by atoms with van der Waals surface area (Å²) in [6, 6.07) is 14.0. The number of aliphatic carboxylic acids is 1. The zero-order valence-electron chi connectivity index (χ0n) is 15.8. The topological polar surface area (TPSA) is 101 Å². The van der Waals surface area contributed by atoms with Gasteiger partial charge >= 0.3 is 11.9 Å². The van der Waals surface area contributed by atoms with E-state index in [1.807, 2.05) is 30.3 Å². The van der Waals surface area contributed by atoms with E-state index in [9.17, 15) is 24.3 Å². The maximum atomic E-state index is 13.8. The molecule has 0 saturated carbocycles. The molecule has 0 bridgehead atoms. The number of amides is 3. The summed E-state index contributed by atoms with van der Waals surface area (Å²) in [5.74, 6) is -3.14. The number of carbonyl (C=O) groups is 4. The standard InChI is InChI=1S/C22H17ClN2O5/c23-15-8-9-17-16(11-15)22(12-18(26)24-20(22)29)21(30)25(17,13-19(27)28)10-4-7-14-5-2-1-3-6-14/h1-9,11H,10,12-13H2,(H-,24,26,27,28,29)/p+1/b7-4+. The summed E-state index contributed by atoms with van der Waals surface area (Å²) in [6.07, 6.45) is 3.14. The van der Waals surface area contributed by atoms with E-state index in [1.165, 1.54) is 6.07 Å². The molecule has 0 radical (unpaired) electrons. The average molecular weight is 426 g/mol. The highest BCUT2D eigenvalue weighted by Crippen LogP contribution is 2.51. The Hall–Kier alpha value is -3.29. The minimum absolute atomic E-state index is 0.0118. The van der Waals surface area contributed by atoms with Crippen molar-refractivity contribution in [2.75, 3.05) is 13.1 Å². The Kier molecular flexibility index (Phi) is 4.80. The van der Waals surface area contributed by atoms with Crippen LogP contribution in [0, 0.1) is 0 Å². The summed E-state index contributed by atoms with van der Waals surface area (Å²) in [4.78, 5) is 50.4. The predicted molar refractivity (Wildman–Crippen MR) is 111 cm³/mol. The first-order chi connectivity index (χ1) is 14.3. The number of benzene rings is 2. The Morgan fingerprint density at radius 1 is 1.17 bits per heavy atom. The minimum atomic E-state index is -1.77. The van der Waals surface area contributed by atoms with Crippen LogP contribution in [-0.2, 0) is 24.6 Å². The highest BCUT2D eigenvalue weighted by molar-refractivity contribution is 6.32. The minimum Gasteiger partial charge on any atom is -0.477 e. The van der Waals surface area contributed by atoms with E-state index < -0.39 is 40.1 Å². The number of imide groups is 1. The molecule has 7 nitrogen and oxygen atoms in total. The van der Waals surface area contributed by atoms with E-state index in [2.05, 4.69) is 5.32 Å². The number of hydrogen-bond acceptors (Lipinski definition) is 4. The van der Waals surface area contributed by atoms with Gasteiger partial charge in [-0.05, 0) is 23.8 Å². The molecule has 3 amide bonds. The molecule has 2 aromatic rings. The molecule has 2 aromatic carbocycles. The lowest BCUT2D eigenvalue weighted by molar-refractivity contribution is -0.147. The fourth-order valence-corrected chi connectivity index (χ4v) is 4.54. The second kappa shape index (κ2) is 7.19. The molecule has 2 aliphatic heterocycles. The van der Waals surface area contributed by atoms with Crippen LogP contribution in [-0.4, -0.2) is 41.9 Å². The first-order valence-electron chi connectivity index (χ1n) is 9.30. The normalized spacial score (nSPS) is 25.2. The Morgan fingerprint density at radius 3 is 2.53 bits per heavy atom. The number of nitrogens with zero attached hydrogens (tertiary/aromatic N) is 1. The zero-order chi connectivity index (χ0) is 21.5. The van der Waals surface area contributed by atoms with Crippen molar-refractivity contribution >= 4 is 47.1 Å². The van der Waals surface area contributed by atoms with Crippen LogP contribution in [0.25, 0.3) is 6.08 Å². The van der Waals surface area contributed by atoms with Crippen molar-refractivity contribution in [1.82, 2.24) is 9.80 Å². The molecular formula is C22H18ClN2O5+. The molecule has 152 valence electrons. The molecule has 0 aromatic heterocycles. The molecule has 2 N–H and O–H groups in total. The molecule has 2 aliphatic rings. The lowest BCUT2D eigenvalue weighted by atomic mass is 9.80. The predicted octanol–water partition coefficient (Wildman–Crippen LogP) is 2.27. The summed E-state index contributed by atoms with van der Waals surface area (Å²) in [5.41, 5.74) is -0.225. The zero-order valence-corrected chi connectivity index (χ0v) is 16.6. The monoisotopic (exact) mass is 425 g/mol. The van der Waals surface area contributed by atoms with Crippen LogP contribution in [0.15, 0.2) is 54.6 Å². The summed E-state index contributed by atoms with van der Waals surface area (Å²) in [7, 11) is 0. The number of halogens is 1. The molecule has 30 heavy (non-hydrogen) atoms. The average Bonchev–Trinajstić information content (AvgIpc) is 3.10. The van der Waals surface area contributed by atoms with Gasteiger partial charge in [0.15, 0.2) is 6.54 Å². The summed E-state index contributed by atoms with van der Waals surface area (Å²) in [5, 5.41) is 12.1. The van der Waals surface area contributed by atoms with Crippen LogP contribution in [0.2, 0.25) is 5.02 Å². The smallest absolute Gasteiger partial charge is 0.360 e. The van der Waals surface area contributed by atoms with Crippen molar-refractivity contribution in [3.05, 3.63) is 70.8 Å². The first-order valence-corrected chi connectivity index (χ1v) is 9.68. The molecular weight excluding hydrogens is 408 g/mol. The van der Waals surface area contributed by atoms with Gasteiger partial charge in [0.05, 0.1) is 6.42 Å². The summed E-state index contributed by atoms with van der Waals surface area (Å²) in [6.45, 7) is -0.548. The lowest BCUT2D eigenvalue weighted by Gasteiger charge is -2.30. The van der Waals surface area contributed by atoms with Gasteiger partial charge in [-0.3, -0.25) is 14.9 Å². The number of hydrogen-bond donors (Lipinski definition) is 2. The highest BCUT2D eigenvalue weighted by atomic mass is 35.5. The molecule has 1 saturated heterocycles. The fourth-order valence-electron chi connectivity index (χ4n) is 4.37. The number of nitrogens with one attached hydrogen (secondary N) is 1. The molecule has 2 atom stereocenters. The molecule has 1 fully saturated rings. The van der Waals surface area contributed by atoms with Crippen LogP contribution < -0.4 is 9.80 Å². The summed E-state index contributed by atoms with van der Waals surface area (Å²) >= 11 is 6.13. The largest absolute Gasteiger partial charge is 0.477 e. The summed E-state index contributed by atoms with van der Waals surface area (Å²) < 4.78 is -0.605. The molecule has 2 unspecified atom stereocenters. The quantitative estimate of drug-likeness (QED) is 0.435. The van der Waals surface area contributed by atoms with Gasteiger partial charge in [-0.15, -0.1) is 0 Å². The third-order valence-corrected chi connectivity index (χ3v) is 5.87. The number of carbonyl (C=O) groups excluding carboxylic acids is 3. The molecule has 0 aliphatic carbocycles. The van der Waals surface area contributed by atoms with E-state index in [-0.39, 0.29) is 18.5 Å². The molecule has 2 heterocycles. The Bertz CT molecular complexity index is 1110. The van der Waals surface area contributed by atoms with Gasteiger partial charge in [0.25, 0.3) is 5.91 Å². The maximum absolute atomic E-state index is 13.8. The Labute approximate surface area is 177 Å². The number of quaternary nitrogens is 1. The SMILES string of the molecule is O=C(O)C[N+]1(C/C=C/c2ccccc2)C(=O)C2(CC(=O)NC2=O)c2cc(Cl)ccc21. The van der Waals surface area contributed by atoms with Gasteiger partial charge in [0, 0.05) is 16.7 Å². The number of carboxylic acids is 1. The van der Waals surface area contributed by atoms with Crippen molar-refractivity contribution in [3.63, 3.8) is 0 Å². The van der Waals surface area contributed by atoms with Crippen molar-refractivity contribution in [2.45, 2.75) is 11.8 Å². The van der Waals surface area contributed by atoms with Crippen LogP contribution in [0.4, 0.5) is 5.69 Å². The van der Waals surface area contributed by atoms with Crippen LogP contribution in [0.1, 0.15) is 17.5 Å². The van der Waals surface area contributed by atoms with E-state index >= 15 is 0 Å². The second-order valence-corrected chi connectivity index (χ2v) is 7.88. The van der Waals surface area contributed by atoms with E-state index in [0.29, 0.717) is 10.7 Å². The first kappa shape index (κ1) is 20.0.